The smallest absolute Gasteiger partial charge is 0.276 e. The topological polar surface area (TPSA) is 64.0 Å². The van der Waals surface area contributed by atoms with E-state index in [2.05, 4.69) is 31.2 Å². The first-order valence-electron chi connectivity index (χ1n) is 8.87. The number of benzene rings is 2. The van der Waals surface area contributed by atoms with Gasteiger partial charge in [0.2, 0.25) is 0 Å². The van der Waals surface area contributed by atoms with E-state index in [-0.39, 0.29) is 22.6 Å². The Hall–Kier alpha value is -3.21. The van der Waals surface area contributed by atoms with Crippen molar-refractivity contribution in [2.24, 2.45) is 0 Å². The molecule has 1 N–H and O–H groups in total. The highest BCUT2D eigenvalue weighted by atomic mass is 16.2. The Bertz CT molecular complexity index is 985. The summed E-state index contributed by atoms with van der Waals surface area (Å²) < 4.78 is 1.30. The molecule has 1 heterocycles. The van der Waals surface area contributed by atoms with Gasteiger partial charge >= 0.3 is 0 Å². The minimum Gasteiger partial charge on any atom is -0.321 e. The van der Waals surface area contributed by atoms with Crippen molar-refractivity contribution in [3.63, 3.8) is 0 Å². The number of carbonyl (C=O) groups is 1. The second-order valence-electron chi connectivity index (χ2n) is 7.48. The van der Waals surface area contributed by atoms with Gasteiger partial charge in [0, 0.05) is 11.8 Å². The predicted octanol–water partition coefficient (Wildman–Crippen LogP) is 3.84. The highest BCUT2D eigenvalue weighted by Gasteiger charge is 2.14. The summed E-state index contributed by atoms with van der Waals surface area (Å²) in [6.45, 7) is 6.74. The number of hydrogen-bond acceptors (Lipinski definition) is 3. The Balaban J connectivity index is 1.77. The van der Waals surface area contributed by atoms with E-state index in [9.17, 15) is 9.59 Å². The third-order valence-electron chi connectivity index (χ3n) is 4.28. The number of aromatic nitrogens is 2. The van der Waals surface area contributed by atoms with Gasteiger partial charge < -0.3 is 5.32 Å². The van der Waals surface area contributed by atoms with Crippen LogP contribution in [0.5, 0.6) is 0 Å². The van der Waals surface area contributed by atoms with Gasteiger partial charge in [-0.3, -0.25) is 9.59 Å². The lowest BCUT2D eigenvalue weighted by Gasteiger charge is -2.19. The van der Waals surface area contributed by atoms with Crippen LogP contribution < -0.4 is 10.9 Å². The van der Waals surface area contributed by atoms with Gasteiger partial charge in [0.25, 0.3) is 11.5 Å². The number of anilines is 1. The van der Waals surface area contributed by atoms with Crippen LogP contribution in [0.3, 0.4) is 0 Å². The molecule has 138 valence electrons. The van der Waals surface area contributed by atoms with Gasteiger partial charge in [-0.2, -0.15) is 5.10 Å². The summed E-state index contributed by atoms with van der Waals surface area (Å²) in [5.41, 5.74) is 2.83. The molecule has 3 rings (SSSR count). The zero-order valence-electron chi connectivity index (χ0n) is 15.8. The van der Waals surface area contributed by atoms with Crippen molar-refractivity contribution in [1.82, 2.24) is 9.78 Å². The van der Waals surface area contributed by atoms with E-state index < -0.39 is 0 Å². The molecule has 0 saturated carbocycles. The standard InChI is InChI=1S/C22H23N3O2/c1-22(2,3)17-9-11-18(12-10-17)23-21(27)19-13-14-20(26)25(24-19)15-16-7-5-4-6-8-16/h4-14H,15H2,1-3H3,(H,23,27). The van der Waals surface area contributed by atoms with Gasteiger partial charge in [0.05, 0.1) is 6.54 Å². The van der Waals surface area contributed by atoms with Crippen molar-refractivity contribution in [2.75, 3.05) is 5.32 Å². The molecule has 2 aromatic carbocycles. The summed E-state index contributed by atoms with van der Waals surface area (Å²) >= 11 is 0. The first-order chi connectivity index (χ1) is 12.8. The molecule has 0 aliphatic rings. The molecule has 0 aliphatic heterocycles. The Morgan fingerprint density at radius 2 is 1.63 bits per heavy atom. The fraction of sp³-hybridized carbons (Fsp3) is 0.227. The first kappa shape index (κ1) is 18.6. The fourth-order valence-electron chi connectivity index (χ4n) is 2.69. The van der Waals surface area contributed by atoms with E-state index in [1.54, 1.807) is 0 Å². The summed E-state index contributed by atoms with van der Waals surface area (Å²) in [5.74, 6) is -0.347. The zero-order valence-corrected chi connectivity index (χ0v) is 15.8. The van der Waals surface area contributed by atoms with Crippen molar-refractivity contribution in [2.45, 2.75) is 32.7 Å². The van der Waals surface area contributed by atoms with Gasteiger partial charge in [0.15, 0.2) is 0 Å². The fourth-order valence-corrected chi connectivity index (χ4v) is 2.69. The van der Waals surface area contributed by atoms with Crippen molar-refractivity contribution in [1.29, 1.82) is 0 Å². The molecule has 1 amide bonds. The van der Waals surface area contributed by atoms with Gasteiger partial charge in [0.1, 0.15) is 5.69 Å². The van der Waals surface area contributed by atoms with E-state index in [0.717, 1.165) is 5.56 Å². The van der Waals surface area contributed by atoms with E-state index >= 15 is 0 Å². The second kappa shape index (κ2) is 7.58. The van der Waals surface area contributed by atoms with Gasteiger partial charge in [-0.25, -0.2) is 4.68 Å². The average molecular weight is 361 g/mol. The zero-order chi connectivity index (χ0) is 19.4. The lowest BCUT2D eigenvalue weighted by molar-refractivity contribution is 0.102. The van der Waals surface area contributed by atoms with Crippen LogP contribution >= 0.6 is 0 Å². The molecule has 5 nitrogen and oxygen atoms in total. The van der Waals surface area contributed by atoms with Crippen molar-refractivity contribution < 1.29 is 4.79 Å². The van der Waals surface area contributed by atoms with Gasteiger partial charge in [-0.1, -0.05) is 63.2 Å². The molecule has 0 unspecified atom stereocenters. The highest BCUT2D eigenvalue weighted by Crippen LogP contribution is 2.23. The second-order valence-corrected chi connectivity index (χ2v) is 7.48. The Kier molecular flexibility index (Phi) is 5.21. The molecular formula is C22H23N3O2. The van der Waals surface area contributed by atoms with Gasteiger partial charge in [-0.15, -0.1) is 0 Å². The number of nitrogens with zero attached hydrogens (tertiary/aromatic N) is 2. The molecule has 3 aromatic rings. The maximum Gasteiger partial charge on any atom is 0.276 e. The van der Waals surface area contributed by atoms with Crippen LogP contribution in [0.4, 0.5) is 5.69 Å². The predicted molar refractivity (Wildman–Crippen MR) is 107 cm³/mol. The molecular weight excluding hydrogens is 338 g/mol. The van der Waals surface area contributed by atoms with Crippen molar-refractivity contribution in [3.05, 3.63) is 93.9 Å². The Labute approximate surface area is 158 Å². The lowest BCUT2D eigenvalue weighted by atomic mass is 9.87. The SMILES string of the molecule is CC(C)(C)c1ccc(NC(=O)c2ccc(=O)n(Cc3ccccc3)n2)cc1. The van der Waals surface area contributed by atoms with E-state index in [0.29, 0.717) is 12.2 Å². The van der Waals surface area contributed by atoms with E-state index in [1.165, 1.54) is 22.4 Å². The number of nitrogens with one attached hydrogen (secondary N) is 1. The molecule has 0 bridgehead atoms. The molecule has 27 heavy (non-hydrogen) atoms. The number of carbonyl (C=O) groups excluding carboxylic acids is 1. The summed E-state index contributed by atoms with van der Waals surface area (Å²) in [7, 11) is 0. The third-order valence-corrected chi connectivity index (χ3v) is 4.28. The highest BCUT2D eigenvalue weighted by molar-refractivity contribution is 6.02. The largest absolute Gasteiger partial charge is 0.321 e. The molecule has 0 fully saturated rings. The average Bonchev–Trinajstić information content (AvgIpc) is 2.64. The summed E-state index contributed by atoms with van der Waals surface area (Å²) in [5, 5.41) is 7.04. The molecule has 0 atom stereocenters. The summed E-state index contributed by atoms with van der Waals surface area (Å²) in [4.78, 5) is 24.6. The van der Waals surface area contributed by atoms with Crippen molar-refractivity contribution in [3.8, 4) is 0 Å². The van der Waals surface area contributed by atoms with Crippen LogP contribution in [0.25, 0.3) is 0 Å². The first-order valence-corrected chi connectivity index (χ1v) is 8.87. The molecule has 1 aromatic heterocycles. The van der Waals surface area contributed by atoms with Crippen LogP contribution in [-0.2, 0) is 12.0 Å². The number of rotatable bonds is 4. The molecule has 0 saturated heterocycles. The minimum atomic E-state index is -0.347. The lowest BCUT2D eigenvalue weighted by Crippen LogP contribution is -2.26. The van der Waals surface area contributed by atoms with Crippen LogP contribution in [0.2, 0.25) is 0 Å². The van der Waals surface area contributed by atoms with Crippen molar-refractivity contribution >= 4 is 11.6 Å². The number of amides is 1. The maximum atomic E-state index is 12.5. The molecule has 0 radical (unpaired) electrons. The van der Waals surface area contributed by atoms with Crippen LogP contribution in [0, 0.1) is 0 Å². The Morgan fingerprint density at radius 3 is 2.26 bits per heavy atom. The maximum absolute atomic E-state index is 12.5. The van der Waals surface area contributed by atoms with Crippen LogP contribution in [0.1, 0.15) is 42.4 Å². The van der Waals surface area contributed by atoms with E-state index in [1.807, 2.05) is 54.6 Å². The summed E-state index contributed by atoms with van der Waals surface area (Å²) in [6, 6.07) is 20.1. The third kappa shape index (κ3) is 4.70. The minimum absolute atomic E-state index is 0.0526. The Morgan fingerprint density at radius 1 is 0.963 bits per heavy atom. The van der Waals surface area contributed by atoms with E-state index in [4.69, 9.17) is 0 Å². The summed E-state index contributed by atoms with van der Waals surface area (Å²) in [6.07, 6.45) is 0. The van der Waals surface area contributed by atoms with Crippen LogP contribution in [-0.4, -0.2) is 15.7 Å². The molecule has 0 aliphatic carbocycles. The molecule has 5 heteroatoms. The number of hydrogen-bond donors (Lipinski definition) is 1. The van der Waals surface area contributed by atoms with Gasteiger partial charge in [-0.05, 0) is 34.7 Å². The quantitative estimate of drug-likeness (QED) is 0.768. The monoisotopic (exact) mass is 361 g/mol. The van der Waals surface area contributed by atoms with Crippen LogP contribution in [0.15, 0.2) is 71.5 Å². The normalized spacial score (nSPS) is 11.2. The molecule has 0 spiro atoms.